The Labute approximate surface area is 126 Å². The van der Waals surface area contributed by atoms with Crippen LogP contribution in [0.3, 0.4) is 0 Å². The molecule has 0 unspecified atom stereocenters. The van der Waals surface area contributed by atoms with Gasteiger partial charge in [-0.2, -0.15) is 22.5 Å². The van der Waals surface area contributed by atoms with Gasteiger partial charge in [-0.05, 0) is 17.7 Å². The normalized spacial score (nSPS) is 12.0. The number of hydrogen-bond donors (Lipinski definition) is 2. The van der Waals surface area contributed by atoms with Gasteiger partial charge in [0.25, 0.3) is 16.1 Å². The summed E-state index contributed by atoms with van der Waals surface area (Å²) in [5, 5.41) is 3.73. The molecule has 0 fully saturated rings. The van der Waals surface area contributed by atoms with Gasteiger partial charge in [0.15, 0.2) is 0 Å². The molecule has 2 N–H and O–H groups in total. The van der Waals surface area contributed by atoms with Crippen LogP contribution >= 0.6 is 15.9 Å². The fourth-order valence-electron chi connectivity index (χ4n) is 1.05. The lowest BCUT2D eigenvalue weighted by Crippen LogP contribution is -2.41. The molecule has 0 aromatic heterocycles. The number of benzene rings is 1. The Morgan fingerprint density at radius 2 is 1.95 bits per heavy atom. The van der Waals surface area contributed by atoms with E-state index in [1.54, 1.807) is 0 Å². The van der Waals surface area contributed by atoms with Crippen molar-refractivity contribution in [3.63, 3.8) is 0 Å². The van der Waals surface area contributed by atoms with Crippen LogP contribution in [-0.4, -0.2) is 45.5 Å². The molecule has 0 radical (unpaired) electrons. The number of hydrazone groups is 1. The topological polar surface area (TPSA) is 90.9 Å². The highest BCUT2D eigenvalue weighted by atomic mass is 79.9. The molecule has 0 heterocycles. The first-order chi connectivity index (χ1) is 9.31. The van der Waals surface area contributed by atoms with Crippen molar-refractivity contribution in [1.29, 1.82) is 0 Å². The molecule has 20 heavy (non-hydrogen) atoms. The second kappa shape index (κ2) is 7.48. The Bertz CT molecular complexity index is 584. The van der Waals surface area contributed by atoms with Gasteiger partial charge >= 0.3 is 0 Å². The van der Waals surface area contributed by atoms with Crippen LogP contribution < -0.4 is 10.1 Å². The molecule has 0 aliphatic heterocycles. The van der Waals surface area contributed by atoms with Crippen molar-refractivity contribution in [2.45, 2.75) is 0 Å². The molecule has 0 aliphatic carbocycles. The van der Waals surface area contributed by atoms with Crippen LogP contribution in [0.4, 0.5) is 0 Å². The lowest BCUT2D eigenvalue weighted by Gasteiger charge is -2.11. The monoisotopic (exact) mass is 362 g/mol. The third-order valence-electron chi connectivity index (χ3n) is 2.17. The first-order valence-corrected chi connectivity index (χ1v) is 7.79. The maximum absolute atomic E-state index is 11.4. The molecular formula is C11H15BrN4O3S. The predicted octanol–water partition coefficient (Wildman–Crippen LogP) is 0.295. The van der Waals surface area contributed by atoms with Crippen molar-refractivity contribution in [3.05, 3.63) is 34.3 Å². The molecule has 1 rings (SSSR count). The zero-order chi connectivity index (χ0) is 15.2. The molecule has 1 aromatic carbocycles. The van der Waals surface area contributed by atoms with Gasteiger partial charge in [-0.1, -0.05) is 28.1 Å². The van der Waals surface area contributed by atoms with Crippen LogP contribution in [0.2, 0.25) is 0 Å². The van der Waals surface area contributed by atoms with Gasteiger partial charge in [-0.25, -0.2) is 5.43 Å². The second-order valence-electron chi connectivity index (χ2n) is 3.95. The SMILES string of the molecule is CN(C)S(=O)(=O)NCC(=O)N/N=C/c1ccc(Br)cc1. The Balaban J connectivity index is 2.42. The molecule has 0 aliphatic rings. The van der Waals surface area contributed by atoms with Crippen LogP contribution in [-0.2, 0) is 15.0 Å². The highest BCUT2D eigenvalue weighted by Gasteiger charge is 2.13. The summed E-state index contributed by atoms with van der Waals surface area (Å²) in [6.45, 7) is -0.377. The maximum Gasteiger partial charge on any atom is 0.279 e. The summed E-state index contributed by atoms with van der Waals surface area (Å²) in [6, 6.07) is 7.31. The number of carbonyl (C=O) groups excluding carboxylic acids is 1. The number of rotatable bonds is 6. The minimum atomic E-state index is -3.61. The molecule has 0 atom stereocenters. The summed E-state index contributed by atoms with van der Waals surface area (Å²) in [5.74, 6) is -0.552. The fourth-order valence-corrected chi connectivity index (χ4v) is 1.89. The van der Waals surface area contributed by atoms with Gasteiger partial charge in [0.2, 0.25) is 0 Å². The van der Waals surface area contributed by atoms with Gasteiger partial charge in [-0.3, -0.25) is 4.79 Å². The van der Waals surface area contributed by atoms with Gasteiger partial charge in [0.1, 0.15) is 0 Å². The summed E-state index contributed by atoms with van der Waals surface area (Å²) >= 11 is 3.30. The predicted molar refractivity (Wildman–Crippen MR) is 80.5 cm³/mol. The number of halogens is 1. The van der Waals surface area contributed by atoms with E-state index >= 15 is 0 Å². The number of amides is 1. The number of nitrogens with one attached hydrogen (secondary N) is 2. The lowest BCUT2D eigenvalue weighted by molar-refractivity contribution is -0.119. The highest BCUT2D eigenvalue weighted by molar-refractivity contribution is 9.10. The van der Waals surface area contributed by atoms with E-state index in [-0.39, 0.29) is 6.54 Å². The van der Waals surface area contributed by atoms with Gasteiger partial charge in [0.05, 0.1) is 12.8 Å². The van der Waals surface area contributed by atoms with Gasteiger partial charge in [-0.15, -0.1) is 0 Å². The molecule has 0 saturated carbocycles. The average molecular weight is 363 g/mol. The lowest BCUT2D eigenvalue weighted by atomic mass is 10.2. The average Bonchev–Trinajstić information content (AvgIpc) is 2.39. The smallest absolute Gasteiger partial charge is 0.272 e. The zero-order valence-electron chi connectivity index (χ0n) is 11.0. The molecule has 0 spiro atoms. The molecular weight excluding hydrogens is 348 g/mol. The van der Waals surface area contributed by atoms with E-state index in [1.165, 1.54) is 20.3 Å². The van der Waals surface area contributed by atoms with Crippen molar-refractivity contribution < 1.29 is 13.2 Å². The van der Waals surface area contributed by atoms with E-state index in [0.717, 1.165) is 14.3 Å². The molecule has 9 heteroatoms. The quantitative estimate of drug-likeness (QED) is 0.563. The summed E-state index contributed by atoms with van der Waals surface area (Å²) in [5.41, 5.74) is 3.04. The van der Waals surface area contributed by atoms with E-state index in [0.29, 0.717) is 0 Å². The standard InChI is InChI=1S/C11H15BrN4O3S/c1-16(2)20(18,19)14-8-11(17)15-13-7-9-3-5-10(12)6-4-9/h3-7,14H,8H2,1-2H3,(H,15,17)/b13-7+. The Hall–Kier alpha value is -1.29. The first-order valence-electron chi connectivity index (χ1n) is 5.56. The highest BCUT2D eigenvalue weighted by Crippen LogP contribution is 2.08. The summed E-state index contributed by atoms with van der Waals surface area (Å²) in [7, 11) is -0.876. The fraction of sp³-hybridized carbons (Fsp3) is 0.273. The molecule has 110 valence electrons. The van der Waals surface area contributed by atoms with Crippen LogP contribution in [0.5, 0.6) is 0 Å². The summed E-state index contributed by atoms with van der Waals surface area (Å²) in [6.07, 6.45) is 1.46. The van der Waals surface area contributed by atoms with Crippen molar-refractivity contribution in [3.8, 4) is 0 Å². The zero-order valence-corrected chi connectivity index (χ0v) is 13.4. The Morgan fingerprint density at radius 3 is 2.50 bits per heavy atom. The Kier molecular flexibility index (Phi) is 6.27. The minimum Gasteiger partial charge on any atom is -0.272 e. The molecule has 1 amide bonds. The van der Waals surface area contributed by atoms with Crippen molar-refractivity contribution >= 4 is 38.3 Å². The maximum atomic E-state index is 11.4. The van der Waals surface area contributed by atoms with E-state index in [1.807, 2.05) is 24.3 Å². The van der Waals surface area contributed by atoms with Gasteiger partial charge < -0.3 is 0 Å². The van der Waals surface area contributed by atoms with Gasteiger partial charge in [0, 0.05) is 18.6 Å². The molecule has 0 saturated heterocycles. The van der Waals surface area contributed by atoms with Crippen LogP contribution in [0, 0.1) is 0 Å². The van der Waals surface area contributed by atoms with Crippen LogP contribution in [0.15, 0.2) is 33.8 Å². The van der Waals surface area contributed by atoms with Crippen LogP contribution in [0.1, 0.15) is 5.56 Å². The van der Waals surface area contributed by atoms with E-state index in [2.05, 4.69) is 31.2 Å². The third kappa shape index (κ3) is 5.78. The van der Waals surface area contributed by atoms with E-state index < -0.39 is 16.1 Å². The first kappa shape index (κ1) is 16.8. The molecule has 7 nitrogen and oxygen atoms in total. The van der Waals surface area contributed by atoms with Crippen LogP contribution in [0.25, 0.3) is 0 Å². The molecule has 0 bridgehead atoms. The number of hydrogen-bond acceptors (Lipinski definition) is 4. The van der Waals surface area contributed by atoms with E-state index in [4.69, 9.17) is 0 Å². The van der Waals surface area contributed by atoms with Crippen molar-refractivity contribution in [2.24, 2.45) is 5.10 Å². The van der Waals surface area contributed by atoms with Crippen molar-refractivity contribution in [1.82, 2.24) is 14.5 Å². The molecule has 1 aromatic rings. The third-order valence-corrected chi connectivity index (χ3v) is 4.17. The van der Waals surface area contributed by atoms with Crippen molar-refractivity contribution in [2.75, 3.05) is 20.6 Å². The summed E-state index contributed by atoms with van der Waals surface area (Å²) < 4.78 is 26.7. The second-order valence-corrected chi connectivity index (χ2v) is 6.84. The Morgan fingerprint density at radius 1 is 1.35 bits per heavy atom. The largest absolute Gasteiger partial charge is 0.279 e. The summed E-state index contributed by atoms with van der Waals surface area (Å²) in [4.78, 5) is 11.4. The minimum absolute atomic E-state index is 0.377. The van der Waals surface area contributed by atoms with E-state index in [9.17, 15) is 13.2 Å². The number of nitrogens with zero attached hydrogens (tertiary/aromatic N) is 2. The number of carbonyl (C=O) groups is 1.